The summed E-state index contributed by atoms with van der Waals surface area (Å²) in [6, 6.07) is 0. The average molecular weight is 247 g/mol. The Morgan fingerprint density at radius 1 is 1.53 bits per heavy atom. The molecular weight excluding hydrogens is 233 g/mol. The molecule has 0 unspecified atom stereocenters. The first kappa shape index (κ1) is 12.5. The van der Waals surface area contributed by atoms with Gasteiger partial charge in [-0.15, -0.1) is 0 Å². The molecule has 5 atom stereocenters. The summed E-state index contributed by atoms with van der Waals surface area (Å²) in [6.07, 6.45) is -5.49. The monoisotopic (exact) mass is 247 g/mol. The summed E-state index contributed by atoms with van der Waals surface area (Å²) in [7, 11) is 0. The fraction of sp³-hybridized carbons (Fsp3) is 1.00. The maximum absolute atomic E-state index is 13.9. The lowest BCUT2D eigenvalue weighted by Crippen LogP contribution is -2.39. The molecule has 17 heavy (non-hydrogen) atoms. The summed E-state index contributed by atoms with van der Waals surface area (Å²) in [4.78, 5) is 2.49. The minimum Gasteiger partial charge on any atom is -0.390 e. The third-order valence-electron chi connectivity index (χ3n) is 2.72. The van der Waals surface area contributed by atoms with Crippen molar-refractivity contribution in [2.45, 2.75) is 50.4 Å². The molecule has 2 fully saturated rings. The van der Waals surface area contributed by atoms with Crippen molar-refractivity contribution in [1.29, 1.82) is 0 Å². The van der Waals surface area contributed by atoms with Gasteiger partial charge in [-0.1, -0.05) is 5.11 Å². The number of nitrogens with zero attached hydrogens (tertiary/aromatic N) is 3. The zero-order valence-electron chi connectivity index (χ0n) is 9.49. The minimum atomic E-state index is -1.51. The van der Waals surface area contributed by atoms with Crippen LogP contribution in [0.3, 0.4) is 0 Å². The quantitative estimate of drug-likeness (QED) is 0.454. The standard InChI is InChI=1S/C9H14FN3O4/c1-9(2)16-7-5(10)6(15-8(7)17-9)4(14)3-12-13-11/h4-8,14H,3H2,1-2H3/t4-,5+,6-,7-,8-/m1/s1. The number of aliphatic hydroxyl groups is 1. The topological polar surface area (TPSA) is 96.7 Å². The molecule has 0 saturated carbocycles. The van der Waals surface area contributed by atoms with Crippen molar-refractivity contribution in [2.75, 3.05) is 6.54 Å². The lowest BCUT2D eigenvalue weighted by atomic mass is 10.1. The van der Waals surface area contributed by atoms with E-state index in [1.807, 2.05) is 0 Å². The largest absolute Gasteiger partial charge is 0.390 e. The van der Waals surface area contributed by atoms with Gasteiger partial charge in [0, 0.05) is 4.91 Å². The van der Waals surface area contributed by atoms with Crippen LogP contribution in [0.1, 0.15) is 13.8 Å². The molecule has 0 amide bonds. The Bertz CT molecular complexity index is 347. The highest BCUT2D eigenvalue weighted by Crippen LogP contribution is 2.39. The Kier molecular flexibility index (Phi) is 3.24. The molecule has 2 aliphatic heterocycles. The zero-order chi connectivity index (χ0) is 12.6. The van der Waals surface area contributed by atoms with E-state index in [1.54, 1.807) is 13.8 Å². The van der Waals surface area contributed by atoms with Gasteiger partial charge in [0.25, 0.3) is 0 Å². The summed E-state index contributed by atoms with van der Waals surface area (Å²) in [5.74, 6) is -0.888. The van der Waals surface area contributed by atoms with E-state index in [0.29, 0.717) is 0 Å². The Labute approximate surface area is 97.1 Å². The molecule has 7 nitrogen and oxygen atoms in total. The minimum absolute atomic E-state index is 0.246. The van der Waals surface area contributed by atoms with E-state index in [0.717, 1.165) is 0 Å². The van der Waals surface area contributed by atoms with Crippen LogP contribution in [0.15, 0.2) is 5.11 Å². The highest BCUT2D eigenvalue weighted by Gasteiger charge is 2.56. The van der Waals surface area contributed by atoms with Crippen molar-refractivity contribution < 1.29 is 23.7 Å². The molecule has 0 aromatic carbocycles. The highest BCUT2D eigenvalue weighted by molar-refractivity contribution is 4.96. The molecule has 2 saturated heterocycles. The van der Waals surface area contributed by atoms with E-state index in [1.165, 1.54) is 0 Å². The molecule has 1 N–H and O–H groups in total. The molecule has 96 valence electrons. The van der Waals surface area contributed by atoms with E-state index in [9.17, 15) is 9.50 Å². The molecule has 0 aliphatic carbocycles. The zero-order valence-corrected chi connectivity index (χ0v) is 9.49. The molecule has 8 heteroatoms. The summed E-state index contributed by atoms with van der Waals surface area (Å²) in [6.45, 7) is 3.07. The predicted octanol–water partition coefficient (Wildman–Crippen LogP) is 0.872. The van der Waals surface area contributed by atoms with Crippen LogP contribution in [0.25, 0.3) is 10.4 Å². The van der Waals surface area contributed by atoms with Crippen molar-refractivity contribution in [2.24, 2.45) is 5.11 Å². The normalized spacial score (nSPS) is 40.7. The molecule has 0 spiro atoms. The van der Waals surface area contributed by atoms with Gasteiger partial charge in [-0.25, -0.2) is 4.39 Å². The number of fused-ring (bicyclic) bond motifs is 1. The lowest BCUT2D eigenvalue weighted by molar-refractivity contribution is -0.220. The lowest BCUT2D eigenvalue weighted by Gasteiger charge is -2.24. The van der Waals surface area contributed by atoms with E-state index >= 15 is 0 Å². The molecule has 2 heterocycles. The summed E-state index contributed by atoms with van der Waals surface area (Å²) in [5, 5.41) is 12.8. The molecule has 2 rings (SSSR count). The molecule has 0 aromatic heterocycles. The second-order valence-corrected chi connectivity index (χ2v) is 4.49. The maximum Gasteiger partial charge on any atom is 0.190 e. The van der Waals surface area contributed by atoms with Gasteiger partial charge >= 0.3 is 0 Å². The van der Waals surface area contributed by atoms with Crippen molar-refractivity contribution >= 4 is 0 Å². The SMILES string of the molecule is CC1(C)O[C@H]2O[C@H]([C@H](O)CN=[N+]=[N-])[C@H](F)[C@H]2O1. The number of aliphatic hydroxyl groups excluding tert-OH is 1. The van der Waals surface area contributed by atoms with Crippen LogP contribution in [0, 0.1) is 0 Å². The van der Waals surface area contributed by atoms with Gasteiger partial charge in [0.1, 0.15) is 12.2 Å². The Morgan fingerprint density at radius 3 is 2.82 bits per heavy atom. The average Bonchev–Trinajstić information content (AvgIpc) is 2.70. The van der Waals surface area contributed by atoms with Gasteiger partial charge in [-0.3, -0.25) is 0 Å². The number of alkyl halides is 1. The molecule has 0 aromatic rings. The number of azide groups is 1. The van der Waals surface area contributed by atoms with Crippen LogP contribution in [0.5, 0.6) is 0 Å². The summed E-state index contributed by atoms with van der Waals surface area (Å²) in [5.41, 5.74) is 8.12. The Balaban J connectivity index is 2.00. The molecule has 0 bridgehead atoms. The molecule has 0 radical (unpaired) electrons. The van der Waals surface area contributed by atoms with Crippen LogP contribution in [0.4, 0.5) is 4.39 Å². The third kappa shape index (κ3) is 2.36. The van der Waals surface area contributed by atoms with Crippen molar-refractivity contribution in [3.63, 3.8) is 0 Å². The first-order valence-corrected chi connectivity index (χ1v) is 5.29. The predicted molar refractivity (Wildman–Crippen MR) is 53.6 cm³/mol. The fourth-order valence-electron chi connectivity index (χ4n) is 2.02. The number of hydrogen-bond acceptors (Lipinski definition) is 5. The smallest absolute Gasteiger partial charge is 0.190 e. The Hall–Kier alpha value is -0.920. The van der Waals surface area contributed by atoms with Crippen LogP contribution in [0.2, 0.25) is 0 Å². The van der Waals surface area contributed by atoms with Crippen molar-refractivity contribution in [3.05, 3.63) is 10.4 Å². The number of halogens is 1. The summed E-state index contributed by atoms with van der Waals surface area (Å²) >= 11 is 0. The van der Waals surface area contributed by atoms with Crippen molar-refractivity contribution in [1.82, 2.24) is 0 Å². The molecule has 2 aliphatic rings. The number of hydrogen-bond donors (Lipinski definition) is 1. The van der Waals surface area contributed by atoms with Gasteiger partial charge < -0.3 is 19.3 Å². The molecular formula is C9H14FN3O4. The van der Waals surface area contributed by atoms with Crippen molar-refractivity contribution in [3.8, 4) is 0 Å². The van der Waals surface area contributed by atoms with E-state index < -0.39 is 36.6 Å². The van der Waals surface area contributed by atoms with Gasteiger partial charge in [-0.05, 0) is 19.4 Å². The first-order chi connectivity index (χ1) is 7.94. The van der Waals surface area contributed by atoms with Crippen LogP contribution < -0.4 is 0 Å². The van der Waals surface area contributed by atoms with Crippen LogP contribution in [-0.4, -0.2) is 48.2 Å². The van der Waals surface area contributed by atoms with Crippen LogP contribution in [-0.2, 0) is 14.2 Å². The van der Waals surface area contributed by atoms with E-state index in [-0.39, 0.29) is 6.54 Å². The number of ether oxygens (including phenoxy) is 3. The van der Waals surface area contributed by atoms with E-state index in [4.69, 9.17) is 19.7 Å². The maximum atomic E-state index is 13.9. The van der Waals surface area contributed by atoms with E-state index in [2.05, 4.69) is 10.0 Å². The highest BCUT2D eigenvalue weighted by atomic mass is 19.1. The van der Waals surface area contributed by atoms with Gasteiger partial charge in [-0.2, -0.15) is 0 Å². The first-order valence-electron chi connectivity index (χ1n) is 5.29. The summed E-state index contributed by atoms with van der Waals surface area (Å²) < 4.78 is 29.8. The van der Waals surface area contributed by atoms with Gasteiger partial charge in [0.15, 0.2) is 18.2 Å². The second-order valence-electron chi connectivity index (χ2n) is 4.49. The second kappa shape index (κ2) is 4.40. The van der Waals surface area contributed by atoms with Gasteiger partial charge in [0.2, 0.25) is 0 Å². The van der Waals surface area contributed by atoms with Crippen LogP contribution >= 0.6 is 0 Å². The number of rotatable bonds is 3. The Morgan fingerprint density at radius 2 is 2.24 bits per heavy atom. The third-order valence-corrected chi connectivity index (χ3v) is 2.72. The van der Waals surface area contributed by atoms with Gasteiger partial charge in [0.05, 0.1) is 12.6 Å². The fourth-order valence-corrected chi connectivity index (χ4v) is 2.02.